The van der Waals surface area contributed by atoms with Crippen molar-refractivity contribution >= 4 is 5.57 Å². The van der Waals surface area contributed by atoms with Gasteiger partial charge in [0.2, 0.25) is 0 Å². The van der Waals surface area contributed by atoms with Gasteiger partial charge in [-0.3, -0.25) is 0 Å². The normalized spacial score (nSPS) is 20.0. The van der Waals surface area contributed by atoms with Crippen LogP contribution in [0.25, 0.3) is 16.7 Å². The third-order valence-electron chi connectivity index (χ3n) is 6.27. The van der Waals surface area contributed by atoms with Crippen LogP contribution in [0.1, 0.15) is 55.7 Å². The van der Waals surface area contributed by atoms with Gasteiger partial charge in [-0.1, -0.05) is 71.8 Å². The van der Waals surface area contributed by atoms with Gasteiger partial charge in [0.05, 0.1) is 0 Å². The number of hydrogen-bond acceptors (Lipinski definition) is 0. The lowest BCUT2D eigenvalue weighted by molar-refractivity contribution is 0.591. The van der Waals surface area contributed by atoms with Crippen molar-refractivity contribution in [2.45, 2.75) is 52.9 Å². The second kappa shape index (κ2) is 7.72. The molecule has 2 aromatic carbocycles. The Balaban J connectivity index is 1.72. The van der Waals surface area contributed by atoms with Crippen LogP contribution < -0.4 is 0 Å². The summed E-state index contributed by atoms with van der Waals surface area (Å²) in [6.07, 6.45) is 13.6. The maximum Gasteiger partial charge on any atom is -0.00138 e. The van der Waals surface area contributed by atoms with E-state index >= 15 is 0 Å². The van der Waals surface area contributed by atoms with Crippen molar-refractivity contribution in [3.8, 4) is 11.1 Å². The van der Waals surface area contributed by atoms with Crippen LogP contribution in [-0.4, -0.2) is 0 Å². The molecular weight excluding hydrogens is 324 g/mol. The topological polar surface area (TPSA) is 0 Å². The first kappa shape index (κ1) is 18.0. The van der Waals surface area contributed by atoms with E-state index in [1.165, 1.54) is 65.5 Å². The Labute approximate surface area is 164 Å². The molecule has 0 aliphatic heterocycles. The van der Waals surface area contributed by atoms with E-state index < -0.39 is 0 Å². The fraction of sp³-hybridized carbons (Fsp3) is 0.333. The molecule has 0 N–H and O–H groups in total. The molecule has 0 nitrogen and oxygen atoms in total. The van der Waals surface area contributed by atoms with Gasteiger partial charge in [-0.15, -0.1) is 0 Å². The molecule has 0 radical (unpaired) electrons. The van der Waals surface area contributed by atoms with Crippen LogP contribution in [0.15, 0.2) is 71.8 Å². The first-order valence-electron chi connectivity index (χ1n) is 10.4. The minimum absolute atomic E-state index is 0.624. The van der Waals surface area contributed by atoms with E-state index in [4.69, 9.17) is 0 Å². The van der Waals surface area contributed by atoms with E-state index in [0.717, 1.165) is 0 Å². The molecule has 0 saturated carbocycles. The molecule has 27 heavy (non-hydrogen) atoms. The summed E-state index contributed by atoms with van der Waals surface area (Å²) in [5.41, 5.74) is 11.6. The Morgan fingerprint density at radius 2 is 1.59 bits per heavy atom. The molecular formula is C27H30. The monoisotopic (exact) mass is 354 g/mol. The summed E-state index contributed by atoms with van der Waals surface area (Å²) in [6, 6.07) is 15.6. The van der Waals surface area contributed by atoms with Gasteiger partial charge in [0, 0.05) is 0 Å². The fourth-order valence-corrected chi connectivity index (χ4v) is 4.77. The molecule has 4 rings (SSSR count). The van der Waals surface area contributed by atoms with Crippen molar-refractivity contribution in [2.75, 3.05) is 0 Å². The SMILES string of the molecule is CC1=CCCC(C2C=C(c3cccc(-c4ccccc4C)c3C)CCC2)=C1. The minimum atomic E-state index is 0.624. The van der Waals surface area contributed by atoms with Crippen molar-refractivity contribution in [1.29, 1.82) is 0 Å². The van der Waals surface area contributed by atoms with Crippen molar-refractivity contribution in [3.05, 3.63) is 88.5 Å². The third kappa shape index (κ3) is 3.72. The van der Waals surface area contributed by atoms with Gasteiger partial charge >= 0.3 is 0 Å². The highest BCUT2D eigenvalue weighted by molar-refractivity contribution is 5.79. The van der Waals surface area contributed by atoms with Gasteiger partial charge < -0.3 is 0 Å². The summed E-state index contributed by atoms with van der Waals surface area (Å²) in [5.74, 6) is 0.624. The lowest BCUT2D eigenvalue weighted by atomic mass is 9.79. The molecule has 0 spiro atoms. The molecule has 0 bridgehead atoms. The Kier molecular flexibility index (Phi) is 5.16. The molecule has 1 unspecified atom stereocenters. The molecule has 0 fully saturated rings. The summed E-state index contributed by atoms with van der Waals surface area (Å²) in [4.78, 5) is 0. The standard InChI is InChI=1S/C27H30/c1-19-9-6-11-22(17-19)23-12-7-13-24(18-23)26-15-8-16-27(21(26)3)25-14-5-4-10-20(25)2/h4-5,8-10,14-18,23H,6-7,11-13H2,1-3H3. The van der Waals surface area contributed by atoms with Crippen LogP contribution >= 0.6 is 0 Å². The zero-order valence-electron chi connectivity index (χ0n) is 16.9. The fourth-order valence-electron chi connectivity index (χ4n) is 4.77. The van der Waals surface area contributed by atoms with Crippen LogP contribution in [-0.2, 0) is 0 Å². The van der Waals surface area contributed by atoms with E-state index in [1.807, 2.05) is 0 Å². The zero-order valence-corrected chi connectivity index (χ0v) is 16.9. The Morgan fingerprint density at radius 1 is 0.815 bits per heavy atom. The summed E-state index contributed by atoms with van der Waals surface area (Å²) >= 11 is 0. The average molecular weight is 355 g/mol. The summed E-state index contributed by atoms with van der Waals surface area (Å²) < 4.78 is 0. The smallest absolute Gasteiger partial charge is 0.00138 e. The van der Waals surface area contributed by atoms with Crippen LogP contribution in [0, 0.1) is 19.8 Å². The highest BCUT2D eigenvalue weighted by atomic mass is 14.3. The lowest BCUT2D eigenvalue weighted by Gasteiger charge is -2.26. The predicted octanol–water partition coefficient (Wildman–Crippen LogP) is 7.82. The van der Waals surface area contributed by atoms with E-state index in [1.54, 1.807) is 11.1 Å². The third-order valence-corrected chi connectivity index (χ3v) is 6.27. The first-order chi connectivity index (χ1) is 13.1. The Bertz CT molecular complexity index is 936. The van der Waals surface area contributed by atoms with Crippen molar-refractivity contribution < 1.29 is 0 Å². The van der Waals surface area contributed by atoms with E-state index in [2.05, 4.69) is 81.5 Å². The molecule has 138 valence electrons. The molecule has 2 aromatic rings. The quantitative estimate of drug-likeness (QED) is 0.527. The van der Waals surface area contributed by atoms with Gasteiger partial charge in [-0.2, -0.15) is 0 Å². The van der Waals surface area contributed by atoms with Gasteiger partial charge in [-0.05, 0) is 92.2 Å². The Hall–Kier alpha value is -2.34. The molecule has 0 saturated heterocycles. The van der Waals surface area contributed by atoms with Gasteiger partial charge in [-0.25, -0.2) is 0 Å². The molecule has 0 heterocycles. The highest BCUT2D eigenvalue weighted by Crippen LogP contribution is 2.39. The van der Waals surface area contributed by atoms with E-state index in [9.17, 15) is 0 Å². The number of allylic oxidation sites excluding steroid dienone is 6. The van der Waals surface area contributed by atoms with Crippen LogP contribution in [0.2, 0.25) is 0 Å². The number of aryl methyl sites for hydroxylation is 1. The summed E-state index contributed by atoms with van der Waals surface area (Å²) in [5, 5.41) is 0. The molecule has 1 atom stereocenters. The molecule has 0 aromatic heterocycles. The van der Waals surface area contributed by atoms with Gasteiger partial charge in [0.25, 0.3) is 0 Å². The summed E-state index contributed by atoms with van der Waals surface area (Å²) in [6.45, 7) is 6.75. The average Bonchev–Trinajstić information content (AvgIpc) is 2.69. The maximum atomic E-state index is 2.58. The second-order valence-electron chi connectivity index (χ2n) is 8.19. The minimum Gasteiger partial charge on any atom is -0.0813 e. The molecule has 0 amide bonds. The van der Waals surface area contributed by atoms with Crippen LogP contribution in [0.5, 0.6) is 0 Å². The second-order valence-corrected chi connectivity index (χ2v) is 8.19. The predicted molar refractivity (Wildman–Crippen MR) is 118 cm³/mol. The molecule has 0 heteroatoms. The lowest BCUT2D eigenvalue weighted by Crippen LogP contribution is -2.09. The number of hydrogen-bond donors (Lipinski definition) is 0. The highest BCUT2D eigenvalue weighted by Gasteiger charge is 2.21. The van der Waals surface area contributed by atoms with Crippen LogP contribution in [0.3, 0.4) is 0 Å². The van der Waals surface area contributed by atoms with Gasteiger partial charge in [0.1, 0.15) is 0 Å². The van der Waals surface area contributed by atoms with Crippen molar-refractivity contribution in [2.24, 2.45) is 5.92 Å². The zero-order chi connectivity index (χ0) is 18.8. The maximum absolute atomic E-state index is 2.58. The molecule has 2 aliphatic carbocycles. The van der Waals surface area contributed by atoms with E-state index in [-0.39, 0.29) is 0 Å². The van der Waals surface area contributed by atoms with Gasteiger partial charge in [0.15, 0.2) is 0 Å². The Morgan fingerprint density at radius 3 is 2.41 bits per heavy atom. The van der Waals surface area contributed by atoms with E-state index in [0.29, 0.717) is 5.92 Å². The molecule has 2 aliphatic rings. The van der Waals surface area contributed by atoms with Crippen molar-refractivity contribution in [1.82, 2.24) is 0 Å². The summed E-state index contributed by atoms with van der Waals surface area (Å²) in [7, 11) is 0. The van der Waals surface area contributed by atoms with Crippen LogP contribution in [0.4, 0.5) is 0 Å². The largest absolute Gasteiger partial charge is 0.0813 e. The number of rotatable bonds is 3. The number of benzene rings is 2. The van der Waals surface area contributed by atoms with Crippen molar-refractivity contribution in [3.63, 3.8) is 0 Å². The first-order valence-corrected chi connectivity index (χ1v) is 10.4.